The number of fused-ring (bicyclic) bond motifs is 2. The molecule has 0 atom stereocenters. The van der Waals surface area contributed by atoms with Gasteiger partial charge in [0.2, 0.25) is 0 Å². The van der Waals surface area contributed by atoms with Gasteiger partial charge in [-0.15, -0.1) is 0 Å². The molecule has 7 nitrogen and oxygen atoms in total. The maximum Gasteiger partial charge on any atom is 0.337 e. The van der Waals surface area contributed by atoms with Gasteiger partial charge >= 0.3 is 5.97 Å². The molecule has 1 aromatic heterocycles. The Bertz CT molecular complexity index is 1470. The van der Waals surface area contributed by atoms with E-state index in [-0.39, 0.29) is 11.5 Å². The Balaban J connectivity index is 1.45. The van der Waals surface area contributed by atoms with Crippen LogP contribution in [0.5, 0.6) is 0 Å². The predicted molar refractivity (Wildman–Crippen MR) is 125 cm³/mol. The van der Waals surface area contributed by atoms with Crippen LogP contribution in [0.2, 0.25) is 0 Å². The van der Waals surface area contributed by atoms with Crippen molar-refractivity contribution in [3.8, 4) is 5.69 Å². The number of rotatable bonds is 3. The van der Waals surface area contributed by atoms with Gasteiger partial charge in [-0.1, -0.05) is 12.1 Å². The summed E-state index contributed by atoms with van der Waals surface area (Å²) in [5, 5.41) is 0.545. The van der Waals surface area contributed by atoms with Gasteiger partial charge in [-0.05, 0) is 73.5 Å². The Kier molecular flexibility index (Phi) is 5.01. The Hall–Kier alpha value is -4.26. The second-order valence-electron chi connectivity index (χ2n) is 7.91. The SMILES string of the molecule is COC(=O)c1ccc2c(c1)CCN2C(=O)c1ccc(-n2c(C)nc3ccccc3c2=O)cc1. The molecule has 0 bridgehead atoms. The van der Waals surface area contributed by atoms with Gasteiger partial charge in [0.15, 0.2) is 0 Å². The lowest BCUT2D eigenvalue weighted by molar-refractivity contribution is 0.0600. The van der Waals surface area contributed by atoms with Crippen molar-refractivity contribution in [2.24, 2.45) is 0 Å². The number of amides is 1. The van der Waals surface area contributed by atoms with E-state index in [1.54, 1.807) is 64.9 Å². The normalized spacial score (nSPS) is 12.6. The first-order valence-electron chi connectivity index (χ1n) is 10.6. The van der Waals surface area contributed by atoms with Crippen molar-refractivity contribution in [3.63, 3.8) is 0 Å². The highest BCUT2D eigenvalue weighted by atomic mass is 16.5. The van der Waals surface area contributed by atoms with Crippen molar-refractivity contribution in [1.82, 2.24) is 9.55 Å². The van der Waals surface area contributed by atoms with Crippen LogP contribution in [0.4, 0.5) is 5.69 Å². The van der Waals surface area contributed by atoms with Gasteiger partial charge in [-0.2, -0.15) is 0 Å². The summed E-state index contributed by atoms with van der Waals surface area (Å²) in [6, 6.07) is 19.4. The summed E-state index contributed by atoms with van der Waals surface area (Å²) < 4.78 is 6.33. The highest BCUT2D eigenvalue weighted by Crippen LogP contribution is 2.30. The van der Waals surface area contributed by atoms with Crippen molar-refractivity contribution in [2.45, 2.75) is 13.3 Å². The van der Waals surface area contributed by atoms with Crippen LogP contribution in [0.3, 0.4) is 0 Å². The second kappa shape index (κ2) is 8.02. The molecule has 1 amide bonds. The number of anilines is 1. The van der Waals surface area contributed by atoms with E-state index < -0.39 is 5.97 Å². The van der Waals surface area contributed by atoms with Crippen LogP contribution in [0, 0.1) is 6.92 Å². The van der Waals surface area contributed by atoms with Crippen LogP contribution >= 0.6 is 0 Å². The lowest BCUT2D eigenvalue weighted by atomic mass is 10.1. The molecular weight excluding hydrogens is 418 g/mol. The standard InChI is InChI=1S/C26H21N3O4/c1-16-27-22-6-4-3-5-21(22)25(31)29(16)20-10-7-17(8-11-20)24(30)28-14-13-18-15-19(26(32)33-2)9-12-23(18)28/h3-12,15H,13-14H2,1-2H3. The maximum absolute atomic E-state index is 13.2. The fourth-order valence-corrected chi connectivity index (χ4v) is 4.31. The Labute approximate surface area is 189 Å². The van der Waals surface area contributed by atoms with E-state index in [0.29, 0.717) is 46.5 Å². The zero-order valence-electron chi connectivity index (χ0n) is 18.2. The molecule has 0 saturated heterocycles. The summed E-state index contributed by atoms with van der Waals surface area (Å²) in [5.41, 5.74) is 3.88. The van der Waals surface area contributed by atoms with E-state index in [0.717, 1.165) is 11.3 Å². The first kappa shape index (κ1) is 20.6. The summed E-state index contributed by atoms with van der Waals surface area (Å²) >= 11 is 0. The van der Waals surface area contributed by atoms with Crippen molar-refractivity contribution < 1.29 is 14.3 Å². The number of methoxy groups -OCH3 is 1. The third kappa shape index (κ3) is 3.47. The fraction of sp³-hybridized carbons (Fsp3) is 0.154. The second-order valence-corrected chi connectivity index (χ2v) is 7.91. The smallest absolute Gasteiger partial charge is 0.337 e. The monoisotopic (exact) mass is 439 g/mol. The molecule has 0 saturated carbocycles. The number of hydrogen-bond donors (Lipinski definition) is 0. The molecular formula is C26H21N3O4. The number of esters is 1. The van der Waals surface area contributed by atoms with Gasteiger partial charge in [-0.3, -0.25) is 14.2 Å². The average molecular weight is 439 g/mol. The van der Waals surface area contributed by atoms with Crippen LogP contribution < -0.4 is 10.5 Å². The number of ether oxygens (including phenoxy) is 1. The molecule has 0 spiro atoms. The third-order valence-electron chi connectivity index (χ3n) is 5.96. The number of hydrogen-bond acceptors (Lipinski definition) is 5. The summed E-state index contributed by atoms with van der Waals surface area (Å²) in [5.74, 6) is 0.0476. The van der Waals surface area contributed by atoms with Crippen molar-refractivity contribution in [3.05, 3.63) is 99.6 Å². The van der Waals surface area contributed by atoms with E-state index in [4.69, 9.17) is 4.74 Å². The molecule has 0 unspecified atom stereocenters. The summed E-state index contributed by atoms with van der Waals surface area (Å²) in [7, 11) is 1.35. The van der Waals surface area contributed by atoms with E-state index >= 15 is 0 Å². The number of carbonyl (C=O) groups excluding carboxylic acids is 2. The highest BCUT2D eigenvalue weighted by Gasteiger charge is 2.26. The summed E-state index contributed by atoms with van der Waals surface area (Å²) in [4.78, 5) is 44.3. The molecule has 164 valence electrons. The van der Waals surface area contributed by atoms with Gasteiger partial charge < -0.3 is 9.64 Å². The van der Waals surface area contributed by atoms with Crippen LogP contribution in [0.15, 0.2) is 71.5 Å². The molecule has 3 aromatic carbocycles. The van der Waals surface area contributed by atoms with E-state index in [2.05, 4.69) is 4.98 Å². The third-order valence-corrected chi connectivity index (χ3v) is 5.96. The quantitative estimate of drug-likeness (QED) is 0.455. The minimum Gasteiger partial charge on any atom is -0.465 e. The lowest BCUT2D eigenvalue weighted by Gasteiger charge is -2.18. The van der Waals surface area contributed by atoms with Gasteiger partial charge in [0.05, 0.1) is 29.3 Å². The molecule has 7 heteroatoms. The Morgan fingerprint density at radius 3 is 2.45 bits per heavy atom. The molecule has 4 aromatic rings. The van der Waals surface area contributed by atoms with Gasteiger partial charge in [0.25, 0.3) is 11.5 Å². The number of benzene rings is 3. The zero-order valence-corrected chi connectivity index (χ0v) is 18.2. The maximum atomic E-state index is 13.2. The molecule has 1 aliphatic rings. The first-order valence-corrected chi connectivity index (χ1v) is 10.6. The zero-order chi connectivity index (χ0) is 23.1. The minimum atomic E-state index is -0.396. The van der Waals surface area contributed by atoms with Gasteiger partial charge in [-0.25, -0.2) is 9.78 Å². The number of aryl methyl sites for hydroxylation is 1. The number of aromatic nitrogens is 2. The van der Waals surface area contributed by atoms with Crippen molar-refractivity contribution in [2.75, 3.05) is 18.6 Å². The van der Waals surface area contributed by atoms with Gasteiger partial charge in [0, 0.05) is 17.8 Å². The average Bonchev–Trinajstić information content (AvgIpc) is 3.27. The van der Waals surface area contributed by atoms with Crippen LogP contribution in [0.25, 0.3) is 16.6 Å². The Morgan fingerprint density at radius 2 is 1.70 bits per heavy atom. The summed E-state index contributed by atoms with van der Waals surface area (Å²) in [6.07, 6.45) is 0.668. The van der Waals surface area contributed by atoms with Crippen LogP contribution in [-0.2, 0) is 11.2 Å². The van der Waals surface area contributed by atoms with Crippen LogP contribution in [0.1, 0.15) is 32.1 Å². The fourth-order valence-electron chi connectivity index (χ4n) is 4.31. The van der Waals surface area contributed by atoms with E-state index in [1.165, 1.54) is 7.11 Å². The molecule has 0 N–H and O–H groups in total. The largest absolute Gasteiger partial charge is 0.465 e. The predicted octanol–water partition coefficient (Wildman–Crippen LogP) is 3.68. The number of nitrogens with zero attached hydrogens (tertiary/aromatic N) is 3. The van der Waals surface area contributed by atoms with E-state index in [1.807, 2.05) is 18.2 Å². The van der Waals surface area contributed by atoms with Crippen LogP contribution in [-0.4, -0.2) is 35.1 Å². The Morgan fingerprint density at radius 1 is 0.970 bits per heavy atom. The molecule has 0 aliphatic carbocycles. The highest BCUT2D eigenvalue weighted by molar-refractivity contribution is 6.07. The molecule has 2 heterocycles. The van der Waals surface area contributed by atoms with Crippen molar-refractivity contribution >= 4 is 28.5 Å². The summed E-state index contributed by atoms with van der Waals surface area (Å²) in [6.45, 7) is 2.32. The van der Waals surface area contributed by atoms with Gasteiger partial charge in [0.1, 0.15) is 5.82 Å². The number of para-hydroxylation sites is 1. The molecule has 0 fully saturated rings. The molecule has 0 radical (unpaired) electrons. The lowest BCUT2D eigenvalue weighted by Crippen LogP contribution is -2.29. The molecule has 5 rings (SSSR count). The molecule has 1 aliphatic heterocycles. The first-order chi connectivity index (χ1) is 16.0. The topological polar surface area (TPSA) is 81.5 Å². The van der Waals surface area contributed by atoms with Crippen molar-refractivity contribution in [1.29, 1.82) is 0 Å². The van der Waals surface area contributed by atoms with E-state index in [9.17, 15) is 14.4 Å². The number of carbonyl (C=O) groups is 2. The molecule has 33 heavy (non-hydrogen) atoms. The minimum absolute atomic E-state index is 0.133.